The van der Waals surface area contributed by atoms with E-state index in [9.17, 15) is 4.79 Å². The molecule has 0 aliphatic heterocycles. The first-order chi connectivity index (χ1) is 7.20. The molecule has 0 aromatic heterocycles. The number of ether oxygens (including phenoxy) is 1. The topological polar surface area (TPSA) is 26.3 Å². The summed E-state index contributed by atoms with van der Waals surface area (Å²) in [6.45, 7) is 1.39. The Balaban J connectivity index is 2.70. The fraction of sp³-hybridized carbons (Fsp3) is 0.583. The van der Waals surface area contributed by atoms with E-state index in [2.05, 4.69) is 0 Å². The number of allylic oxidation sites excluding steroid dienone is 3. The largest absolute Gasteiger partial charge is 0.425 e. The lowest BCUT2D eigenvalue weighted by molar-refractivity contribution is -0.136. The minimum Gasteiger partial charge on any atom is -0.425 e. The van der Waals surface area contributed by atoms with Crippen molar-refractivity contribution in [2.45, 2.75) is 45.4 Å². The lowest BCUT2D eigenvalue weighted by Crippen LogP contribution is -2.00. The number of rotatable bonds is 1. The Morgan fingerprint density at radius 3 is 2.40 bits per heavy atom. The van der Waals surface area contributed by atoms with Gasteiger partial charge in [0.05, 0.1) is 5.03 Å². The van der Waals surface area contributed by atoms with Gasteiger partial charge in [-0.1, -0.05) is 30.5 Å². The van der Waals surface area contributed by atoms with E-state index < -0.39 is 0 Å². The van der Waals surface area contributed by atoms with Gasteiger partial charge in [0.15, 0.2) is 0 Å². The molecule has 0 atom stereocenters. The summed E-state index contributed by atoms with van der Waals surface area (Å²) in [6, 6.07) is 0. The summed E-state index contributed by atoms with van der Waals surface area (Å²) in [4.78, 5) is 10.9. The summed E-state index contributed by atoms with van der Waals surface area (Å²) in [5.74, 6) is 0.205. The molecule has 0 aromatic rings. The molecule has 15 heavy (non-hydrogen) atoms. The maximum atomic E-state index is 10.9. The molecular weight excluding hydrogens is 212 g/mol. The highest BCUT2D eigenvalue weighted by Gasteiger charge is 2.07. The number of esters is 1. The predicted octanol–water partition coefficient (Wildman–Crippen LogP) is 3.91. The minimum absolute atomic E-state index is 0.315. The minimum atomic E-state index is -0.315. The Hall–Kier alpha value is -0.760. The maximum absolute atomic E-state index is 10.9. The third kappa shape index (κ3) is 5.03. The smallest absolute Gasteiger partial charge is 0.308 e. The van der Waals surface area contributed by atoms with Crippen LogP contribution >= 0.6 is 11.6 Å². The summed E-state index contributed by atoms with van der Waals surface area (Å²) in [7, 11) is 0. The van der Waals surface area contributed by atoms with Gasteiger partial charge in [0, 0.05) is 6.92 Å². The van der Waals surface area contributed by atoms with Gasteiger partial charge in [0.1, 0.15) is 5.76 Å². The van der Waals surface area contributed by atoms with Crippen LogP contribution in [0.4, 0.5) is 0 Å². The quantitative estimate of drug-likeness (QED) is 0.636. The fourth-order valence-corrected chi connectivity index (χ4v) is 1.77. The van der Waals surface area contributed by atoms with Crippen LogP contribution in [0, 0.1) is 0 Å². The van der Waals surface area contributed by atoms with Gasteiger partial charge in [-0.05, 0) is 31.8 Å². The van der Waals surface area contributed by atoms with Gasteiger partial charge in [-0.2, -0.15) is 0 Å². The van der Waals surface area contributed by atoms with E-state index in [-0.39, 0.29) is 5.97 Å². The summed E-state index contributed by atoms with van der Waals surface area (Å²) in [5.41, 5.74) is 0. The van der Waals surface area contributed by atoms with Crippen molar-refractivity contribution in [3.8, 4) is 0 Å². The highest BCUT2D eigenvalue weighted by Crippen LogP contribution is 2.21. The standard InChI is InChI=1S/C12H17ClO2/c1-10(14)15-12-9-7-5-3-2-4-6-8-11(12)13/h8-9H,2-7H2,1H3/b11-8-,12-9+. The molecule has 0 heterocycles. The van der Waals surface area contributed by atoms with E-state index in [1.807, 2.05) is 12.2 Å². The van der Waals surface area contributed by atoms with E-state index in [0.717, 1.165) is 25.7 Å². The van der Waals surface area contributed by atoms with E-state index in [1.165, 1.54) is 19.8 Å². The SMILES string of the molecule is CC(=O)OC1=C/CCCCCC\C=C\1Cl. The average Bonchev–Trinajstić information content (AvgIpc) is 2.19. The normalized spacial score (nSPS) is 25.7. The molecule has 1 aliphatic rings. The van der Waals surface area contributed by atoms with Crippen molar-refractivity contribution in [2.24, 2.45) is 0 Å². The molecule has 0 saturated heterocycles. The van der Waals surface area contributed by atoms with Gasteiger partial charge in [0.25, 0.3) is 0 Å². The molecule has 0 fully saturated rings. The first-order valence-corrected chi connectivity index (χ1v) is 5.82. The second-order valence-corrected chi connectivity index (χ2v) is 4.11. The second-order valence-electron chi connectivity index (χ2n) is 3.71. The number of carbonyl (C=O) groups is 1. The number of halogens is 1. The van der Waals surface area contributed by atoms with E-state index in [1.54, 1.807) is 0 Å². The monoisotopic (exact) mass is 228 g/mol. The summed E-state index contributed by atoms with van der Waals surface area (Å²) >= 11 is 6.05. The van der Waals surface area contributed by atoms with Crippen molar-refractivity contribution < 1.29 is 9.53 Å². The molecule has 0 aromatic carbocycles. The lowest BCUT2D eigenvalue weighted by atomic mass is 10.1. The zero-order chi connectivity index (χ0) is 11.1. The first kappa shape index (κ1) is 12.3. The number of carbonyl (C=O) groups excluding carboxylic acids is 1. The molecule has 0 unspecified atom stereocenters. The van der Waals surface area contributed by atoms with Gasteiger partial charge in [0.2, 0.25) is 0 Å². The molecule has 84 valence electrons. The van der Waals surface area contributed by atoms with Crippen LogP contribution in [-0.4, -0.2) is 5.97 Å². The Bertz CT molecular complexity index is 279. The summed E-state index contributed by atoms with van der Waals surface area (Å²) in [6.07, 6.45) is 10.5. The molecule has 1 aliphatic carbocycles. The third-order valence-electron chi connectivity index (χ3n) is 2.30. The Kier molecular flexibility index (Phi) is 5.48. The van der Waals surface area contributed by atoms with E-state index in [0.29, 0.717) is 10.8 Å². The highest BCUT2D eigenvalue weighted by molar-refractivity contribution is 6.31. The Morgan fingerprint density at radius 1 is 1.20 bits per heavy atom. The van der Waals surface area contributed by atoms with Gasteiger partial charge < -0.3 is 4.74 Å². The van der Waals surface area contributed by atoms with Crippen molar-refractivity contribution in [3.05, 3.63) is 22.9 Å². The van der Waals surface area contributed by atoms with Crippen molar-refractivity contribution in [3.63, 3.8) is 0 Å². The fourth-order valence-electron chi connectivity index (χ4n) is 1.55. The Labute approximate surface area is 95.9 Å². The van der Waals surface area contributed by atoms with Crippen LogP contribution in [0.25, 0.3) is 0 Å². The number of hydrogen-bond donors (Lipinski definition) is 0. The molecule has 0 bridgehead atoms. The first-order valence-electron chi connectivity index (χ1n) is 5.45. The molecule has 1 rings (SSSR count). The second kappa shape index (κ2) is 6.67. The van der Waals surface area contributed by atoms with Gasteiger partial charge in [-0.25, -0.2) is 0 Å². The van der Waals surface area contributed by atoms with Crippen molar-refractivity contribution >= 4 is 17.6 Å². The van der Waals surface area contributed by atoms with E-state index in [4.69, 9.17) is 16.3 Å². The van der Waals surface area contributed by atoms with Crippen molar-refractivity contribution in [1.82, 2.24) is 0 Å². The summed E-state index contributed by atoms with van der Waals surface area (Å²) in [5, 5.41) is 0.562. The molecule has 0 radical (unpaired) electrons. The number of hydrogen-bond acceptors (Lipinski definition) is 2. The molecule has 3 heteroatoms. The van der Waals surface area contributed by atoms with Crippen LogP contribution in [0.2, 0.25) is 0 Å². The predicted molar refractivity (Wildman–Crippen MR) is 61.5 cm³/mol. The highest BCUT2D eigenvalue weighted by atomic mass is 35.5. The van der Waals surface area contributed by atoms with E-state index >= 15 is 0 Å². The van der Waals surface area contributed by atoms with Crippen molar-refractivity contribution in [1.29, 1.82) is 0 Å². The van der Waals surface area contributed by atoms with Crippen LogP contribution in [-0.2, 0) is 9.53 Å². The molecule has 2 nitrogen and oxygen atoms in total. The molecule has 0 spiro atoms. The molecule has 0 N–H and O–H groups in total. The van der Waals surface area contributed by atoms with Gasteiger partial charge in [-0.15, -0.1) is 0 Å². The third-order valence-corrected chi connectivity index (χ3v) is 2.64. The maximum Gasteiger partial charge on any atom is 0.308 e. The van der Waals surface area contributed by atoms with Crippen LogP contribution in [0.3, 0.4) is 0 Å². The zero-order valence-electron chi connectivity index (χ0n) is 9.09. The van der Waals surface area contributed by atoms with Crippen molar-refractivity contribution in [2.75, 3.05) is 0 Å². The van der Waals surface area contributed by atoms with Crippen LogP contribution in [0.1, 0.15) is 45.4 Å². The molecule has 0 amide bonds. The van der Waals surface area contributed by atoms with Crippen LogP contribution in [0.5, 0.6) is 0 Å². The molecular formula is C12H17ClO2. The average molecular weight is 229 g/mol. The van der Waals surface area contributed by atoms with Gasteiger partial charge in [-0.3, -0.25) is 4.79 Å². The Morgan fingerprint density at radius 2 is 1.80 bits per heavy atom. The van der Waals surface area contributed by atoms with Crippen LogP contribution in [0.15, 0.2) is 22.9 Å². The van der Waals surface area contributed by atoms with Gasteiger partial charge >= 0.3 is 5.97 Å². The molecule has 0 saturated carbocycles. The zero-order valence-corrected chi connectivity index (χ0v) is 9.85. The lowest BCUT2D eigenvalue weighted by Gasteiger charge is -2.08. The summed E-state index contributed by atoms with van der Waals surface area (Å²) < 4.78 is 5.06. The van der Waals surface area contributed by atoms with Crippen LogP contribution < -0.4 is 0 Å².